The normalized spacial score (nSPS) is 19.4. The molecule has 0 bridgehead atoms. The van der Waals surface area contributed by atoms with Gasteiger partial charge in [-0.3, -0.25) is 0 Å². The van der Waals surface area contributed by atoms with Crippen LogP contribution in [0.3, 0.4) is 0 Å². The van der Waals surface area contributed by atoms with E-state index in [1.54, 1.807) is 16.7 Å². The van der Waals surface area contributed by atoms with E-state index in [0.29, 0.717) is 29.6 Å². The van der Waals surface area contributed by atoms with Gasteiger partial charge in [-0.05, 0) is 40.7 Å². The summed E-state index contributed by atoms with van der Waals surface area (Å²) in [6.45, 7) is 23.7. The third kappa shape index (κ3) is 2.71. The van der Waals surface area contributed by atoms with Crippen molar-refractivity contribution in [3.8, 4) is 0 Å². The molecule has 2 radical (unpaired) electrons. The van der Waals surface area contributed by atoms with E-state index in [1.807, 2.05) is 0 Å². The van der Waals surface area contributed by atoms with Gasteiger partial charge in [0.25, 0.3) is 0 Å². The summed E-state index contributed by atoms with van der Waals surface area (Å²) in [6, 6.07) is 0. The molecule has 0 heterocycles. The molecule has 0 amide bonds. The van der Waals surface area contributed by atoms with Crippen molar-refractivity contribution in [3.63, 3.8) is 0 Å². The zero-order valence-electron chi connectivity index (χ0n) is 15.9. The maximum atomic E-state index is 4.15. The third-order valence-electron chi connectivity index (χ3n) is 5.26. The molecule has 21 heavy (non-hydrogen) atoms. The SMILES string of the molecule is CC(C)C1=C([Si+])C(C(C)C)(C(C)C)C(C(C)C)=C1C(C)C. The molecule has 0 aromatic heterocycles. The average molecular weight is 304 g/mol. The van der Waals surface area contributed by atoms with Gasteiger partial charge >= 0.3 is 10.2 Å². The number of hydrogen-bond acceptors (Lipinski definition) is 0. The summed E-state index contributed by atoms with van der Waals surface area (Å²) in [5.74, 6) is 2.96. The smallest absolute Gasteiger partial charge is 0.0615 e. The molecule has 0 saturated carbocycles. The van der Waals surface area contributed by atoms with Gasteiger partial charge in [0.2, 0.25) is 0 Å². The van der Waals surface area contributed by atoms with Crippen LogP contribution in [0.5, 0.6) is 0 Å². The van der Waals surface area contributed by atoms with Crippen molar-refractivity contribution in [2.45, 2.75) is 69.2 Å². The zero-order valence-corrected chi connectivity index (χ0v) is 16.9. The Balaban J connectivity index is 3.85. The molecule has 0 unspecified atom stereocenters. The fourth-order valence-corrected chi connectivity index (χ4v) is 5.87. The van der Waals surface area contributed by atoms with E-state index in [0.717, 1.165) is 0 Å². The van der Waals surface area contributed by atoms with Gasteiger partial charge in [-0.2, -0.15) is 0 Å². The van der Waals surface area contributed by atoms with Gasteiger partial charge in [-0.1, -0.05) is 74.8 Å². The van der Waals surface area contributed by atoms with Crippen LogP contribution < -0.4 is 0 Å². The largest absolute Gasteiger partial charge is 0.750 e. The summed E-state index contributed by atoms with van der Waals surface area (Å²) >= 11 is 0. The first-order valence-electron chi connectivity index (χ1n) is 8.72. The second-order valence-corrected chi connectivity index (χ2v) is 8.76. The molecule has 0 fully saturated rings. The second kappa shape index (κ2) is 6.44. The van der Waals surface area contributed by atoms with E-state index in [2.05, 4.69) is 79.5 Å². The summed E-state index contributed by atoms with van der Waals surface area (Å²) in [6.07, 6.45) is 0. The predicted octanol–water partition coefficient (Wildman–Crippen LogP) is 5.99. The highest BCUT2D eigenvalue weighted by atomic mass is 28.1. The molecule has 0 spiro atoms. The monoisotopic (exact) mass is 303 g/mol. The van der Waals surface area contributed by atoms with E-state index < -0.39 is 0 Å². The summed E-state index contributed by atoms with van der Waals surface area (Å²) in [5.41, 5.74) is 5.07. The molecular weight excluding hydrogens is 268 g/mol. The summed E-state index contributed by atoms with van der Waals surface area (Å²) in [7, 11) is 4.15. The van der Waals surface area contributed by atoms with Gasteiger partial charge in [0.1, 0.15) is 5.20 Å². The summed E-state index contributed by atoms with van der Waals surface area (Å²) in [5, 5.41) is 1.47. The lowest BCUT2D eigenvalue weighted by atomic mass is 9.62. The van der Waals surface area contributed by atoms with E-state index in [9.17, 15) is 0 Å². The van der Waals surface area contributed by atoms with Crippen LogP contribution >= 0.6 is 0 Å². The molecule has 1 aliphatic rings. The summed E-state index contributed by atoms with van der Waals surface area (Å²) in [4.78, 5) is 0. The molecule has 0 aliphatic heterocycles. The van der Waals surface area contributed by atoms with E-state index in [-0.39, 0.29) is 5.41 Å². The molecule has 0 aromatic carbocycles. The maximum absolute atomic E-state index is 4.15. The molecule has 0 N–H and O–H groups in total. The van der Waals surface area contributed by atoms with Gasteiger partial charge in [0.15, 0.2) is 0 Å². The van der Waals surface area contributed by atoms with Crippen molar-refractivity contribution < 1.29 is 0 Å². The van der Waals surface area contributed by atoms with Crippen LogP contribution in [0.25, 0.3) is 0 Å². The fourth-order valence-electron chi connectivity index (χ4n) is 4.74. The molecule has 1 heteroatoms. The van der Waals surface area contributed by atoms with Gasteiger partial charge in [0.05, 0.1) is 5.41 Å². The van der Waals surface area contributed by atoms with Crippen LogP contribution in [-0.4, -0.2) is 10.2 Å². The number of hydrogen-bond donors (Lipinski definition) is 0. The van der Waals surface area contributed by atoms with Crippen LogP contribution in [0, 0.1) is 35.0 Å². The van der Waals surface area contributed by atoms with E-state index in [1.165, 1.54) is 5.20 Å². The highest BCUT2D eigenvalue weighted by Crippen LogP contribution is 2.59. The molecule has 0 nitrogen and oxygen atoms in total. The minimum Gasteiger partial charge on any atom is -0.0615 e. The highest BCUT2D eigenvalue weighted by Gasteiger charge is 2.56. The van der Waals surface area contributed by atoms with E-state index in [4.69, 9.17) is 0 Å². The van der Waals surface area contributed by atoms with Crippen LogP contribution in [0.1, 0.15) is 69.2 Å². The number of allylic oxidation sites excluding steroid dienone is 4. The van der Waals surface area contributed by atoms with Crippen molar-refractivity contribution in [2.75, 3.05) is 0 Å². The molecule has 1 aliphatic carbocycles. The lowest BCUT2D eigenvalue weighted by molar-refractivity contribution is 0.209. The number of rotatable bonds is 5. The fraction of sp³-hybridized carbons (Fsp3) is 0.800. The Morgan fingerprint density at radius 1 is 0.619 bits per heavy atom. The molecule has 1 rings (SSSR count). The molecule has 0 aromatic rings. The first-order valence-corrected chi connectivity index (χ1v) is 9.22. The van der Waals surface area contributed by atoms with Crippen LogP contribution in [-0.2, 0) is 0 Å². The Morgan fingerprint density at radius 3 is 1.24 bits per heavy atom. The lowest BCUT2D eigenvalue weighted by Gasteiger charge is -2.41. The highest BCUT2D eigenvalue weighted by molar-refractivity contribution is 6.24. The quantitative estimate of drug-likeness (QED) is 0.548. The van der Waals surface area contributed by atoms with Crippen molar-refractivity contribution in [1.82, 2.24) is 0 Å². The minimum atomic E-state index is 0.171. The van der Waals surface area contributed by atoms with Crippen molar-refractivity contribution >= 4 is 10.2 Å². The molecule has 118 valence electrons. The van der Waals surface area contributed by atoms with Crippen LogP contribution in [0.4, 0.5) is 0 Å². The van der Waals surface area contributed by atoms with Gasteiger partial charge < -0.3 is 0 Å². The minimum absolute atomic E-state index is 0.171. The van der Waals surface area contributed by atoms with Gasteiger partial charge in [-0.25, -0.2) is 0 Å². The Hall–Kier alpha value is -0.303. The average Bonchev–Trinajstić information content (AvgIpc) is 2.59. The Kier molecular flexibility index (Phi) is 5.75. The topological polar surface area (TPSA) is 0 Å². The molecule has 0 saturated heterocycles. The lowest BCUT2D eigenvalue weighted by Crippen LogP contribution is -2.38. The zero-order chi connectivity index (χ0) is 16.7. The second-order valence-electron chi connectivity index (χ2n) is 8.26. The summed E-state index contributed by atoms with van der Waals surface area (Å²) < 4.78 is 0. The Bertz CT molecular complexity index is 436. The first-order chi connectivity index (χ1) is 9.51. The molecular formula is C20H35Si+. The Labute approximate surface area is 136 Å². The van der Waals surface area contributed by atoms with Gasteiger partial charge in [-0.15, -0.1) is 0 Å². The predicted molar refractivity (Wildman–Crippen MR) is 96.4 cm³/mol. The van der Waals surface area contributed by atoms with Crippen LogP contribution in [0.2, 0.25) is 0 Å². The Morgan fingerprint density at radius 2 is 1.00 bits per heavy atom. The van der Waals surface area contributed by atoms with Gasteiger partial charge in [0, 0.05) is 0 Å². The first kappa shape index (κ1) is 18.7. The van der Waals surface area contributed by atoms with Crippen molar-refractivity contribution in [3.05, 3.63) is 21.9 Å². The standard InChI is InChI=1S/C20H35Si/c1-11(2)16-17(12(3)4)19(21)20(14(7)8,15(9)10)18(16)13(5)6/h11-15H,1-10H3/q+1. The van der Waals surface area contributed by atoms with Crippen LogP contribution in [0.15, 0.2) is 21.9 Å². The third-order valence-corrected chi connectivity index (χ3v) is 5.95. The van der Waals surface area contributed by atoms with Crippen molar-refractivity contribution in [2.24, 2.45) is 35.0 Å². The van der Waals surface area contributed by atoms with E-state index >= 15 is 0 Å². The maximum Gasteiger partial charge on any atom is 0.750 e. The molecule has 0 atom stereocenters. The van der Waals surface area contributed by atoms with Crippen molar-refractivity contribution in [1.29, 1.82) is 0 Å².